The van der Waals surface area contributed by atoms with Gasteiger partial charge in [-0.15, -0.1) is 0 Å². The van der Waals surface area contributed by atoms with E-state index < -0.39 is 0 Å². The number of carbonyl (C=O) groups excluding carboxylic acids is 1. The number of hydroxylamine groups is 1. The fourth-order valence-corrected chi connectivity index (χ4v) is 5.74. The Labute approximate surface area is 265 Å². The Bertz CT molecular complexity index is 1890. The fourth-order valence-electron chi connectivity index (χ4n) is 5.74. The van der Waals surface area contributed by atoms with Crippen LogP contribution < -0.4 is 25.3 Å². The van der Waals surface area contributed by atoms with Gasteiger partial charge in [-0.25, -0.2) is 24.5 Å². The molecule has 5 aromatic rings. The van der Waals surface area contributed by atoms with E-state index in [1.807, 2.05) is 47.8 Å². The quantitative estimate of drug-likeness (QED) is 0.221. The highest BCUT2D eigenvalue weighted by Gasteiger charge is 2.30. The summed E-state index contributed by atoms with van der Waals surface area (Å²) < 4.78 is 13.1. The molecular formula is C33H33N9O4. The molecule has 0 saturated carbocycles. The maximum Gasteiger partial charge on any atom is 0.247 e. The summed E-state index contributed by atoms with van der Waals surface area (Å²) >= 11 is 0. The molecule has 13 nitrogen and oxygen atoms in total. The zero-order valence-electron chi connectivity index (χ0n) is 25.3. The molecule has 1 amide bonds. The minimum atomic E-state index is -0.311. The first kappa shape index (κ1) is 29.2. The van der Waals surface area contributed by atoms with Gasteiger partial charge in [-0.05, 0) is 29.3 Å². The van der Waals surface area contributed by atoms with E-state index in [0.717, 1.165) is 34.4 Å². The number of methoxy groups -OCH3 is 1. The van der Waals surface area contributed by atoms with Crippen molar-refractivity contribution in [1.82, 2.24) is 24.6 Å². The predicted octanol–water partition coefficient (Wildman–Crippen LogP) is 4.78. The average molecular weight is 620 g/mol. The number of carbonyl (C=O) groups is 1. The molecule has 234 valence electrons. The number of anilines is 5. The molecule has 2 N–H and O–H groups in total. The molecule has 2 aliphatic heterocycles. The summed E-state index contributed by atoms with van der Waals surface area (Å²) in [5, 5.41) is 12.4. The number of benzene rings is 2. The highest BCUT2D eigenvalue weighted by molar-refractivity contribution is 6.02. The lowest BCUT2D eigenvalue weighted by atomic mass is 9.99. The highest BCUT2D eigenvalue weighted by atomic mass is 16.7. The number of rotatable bonds is 9. The van der Waals surface area contributed by atoms with Gasteiger partial charge in [0.05, 0.1) is 56.2 Å². The van der Waals surface area contributed by atoms with Crippen LogP contribution in [0.1, 0.15) is 18.0 Å². The summed E-state index contributed by atoms with van der Waals surface area (Å²) in [7, 11) is 1.61. The Morgan fingerprint density at radius 2 is 1.93 bits per heavy atom. The maximum atomic E-state index is 12.4. The van der Waals surface area contributed by atoms with Gasteiger partial charge in [0.25, 0.3) is 0 Å². The molecule has 0 spiro atoms. The minimum absolute atomic E-state index is 0.0628. The molecule has 2 aromatic carbocycles. The normalized spacial score (nSPS) is 16.4. The van der Waals surface area contributed by atoms with Gasteiger partial charge in [0, 0.05) is 55.7 Å². The van der Waals surface area contributed by atoms with E-state index in [4.69, 9.17) is 14.3 Å². The second kappa shape index (κ2) is 12.8. The van der Waals surface area contributed by atoms with Crippen LogP contribution in [0, 0.1) is 0 Å². The number of fused-ring (bicyclic) bond motifs is 1. The van der Waals surface area contributed by atoms with Crippen molar-refractivity contribution in [2.45, 2.75) is 12.5 Å². The molecule has 2 fully saturated rings. The topological polar surface area (TPSA) is 131 Å². The number of aromatic nitrogens is 5. The van der Waals surface area contributed by atoms with Crippen molar-refractivity contribution in [3.63, 3.8) is 0 Å². The van der Waals surface area contributed by atoms with Gasteiger partial charge in [0.2, 0.25) is 5.91 Å². The molecule has 2 saturated heterocycles. The van der Waals surface area contributed by atoms with E-state index in [0.29, 0.717) is 61.7 Å². The van der Waals surface area contributed by atoms with Crippen molar-refractivity contribution in [2.24, 2.45) is 0 Å². The maximum absolute atomic E-state index is 12.4. The van der Waals surface area contributed by atoms with Crippen LogP contribution >= 0.6 is 0 Å². The molecule has 13 heteroatoms. The van der Waals surface area contributed by atoms with E-state index >= 15 is 0 Å². The lowest BCUT2D eigenvalue weighted by Gasteiger charge is -2.31. The summed E-state index contributed by atoms with van der Waals surface area (Å²) in [6, 6.07) is 15.7. The van der Waals surface area contributed by atoms with Crippen LogP contribution in [-0.2, 0) is 14.4 Å². The molecule has 5 heterocycles. The predicted molar refractivity (Wildman–Crippen MR) is 174 cm³/mol. The number of hydrogen-bond donors (Lipinski definition) is 2. The smallest absolute Gasteiger partial charge is 0.247 e. The lowest BCUT2D eigenvalue weighted by molar-refractivity contribution is -0.111. The van der Waals surface area contributed by atoms with E-state index in [1.165, 1.54) is 12.4 Å². The SMILES string of the molecule is C=CC(=O)Nc1cc(Nc2cc(N3OCCC3c3cccc(-c4cnc5ccnn5c4)c3)ncn2)c(OC)cc1N1CCOCC1. The molecule has 0 bridgehead atoms. The van der Waals surface area contributed by atoms with Crippen molar-refractivity contribution in [2.75, 3.05) is 60.6 Å². The lowest BCUT2D eigenvalue weighted by Crippen LogP contribution is -2.36. The number of nitrogens with zero attached hydrogens (tertiary/aromatic N) is 7. The third-order valence-corrected chi connectivity index (χ3v) is 8.01. The summed E-state index contributed by atoms with van der Waals surface area (Å²) in [6.45, 7) is 6.74. The van der Waals surface area contributed by atoms with Gasteiger partial charge in [-0.3, -0.25) is 9.63 Å². The third kappa shape index (κ3) is 5.93. The van der Waals surface area contributed by atoms with Crippen LogP contribution in [0.15, 0.2) is 86.1 Å². The molecular weight excluding hydrogens is 586 g/mol. The van der Waals surface area contributed by atoms with Gasteiger partial charge in [-0.1, -0.05) is 24.8 Å². The van der Waals surface area contributed by atoms with Crippen molar-refractivity contribution in [3.8, 4) is 16.9 Å². The van der Waals surface area contributed by atoms with Crippen LogP contribution in [0.3, 0.4) is 0 Å². The van der Waals surface area contributed by atoms with Crippen LogP contribution in [0.25, 0.3) is 16.8 Å². The van der Waals surface area contributed by atoms with Crippen molar-refractivity contribution >= 4 is 40.3 Å². The zero-order chi connectivity index (χ0) is 31.5. The molecule has 2 aliphatic rings. The summed E-state index contributed by atoms with van der Waals surface area (Å²) in [6.07, 6.45) is 9.09. The number of ether oxygens (including phenoxy) is 2. The Morgan fingerprint density at radius 3 is 2.78 bits per heavy atom. The molecule has 0 radical (unpaired) electrons. The largest absolute Gasteiger partial charge is 0.494 e. The van der Waals surface area contributed by atoms with Gasteiger partial charge >= 0.3 is 0 Å². The van der Waals surface area contributed by atoms with Crippen LogP contribution in [-0.4, -0.2) is 70.5 Å². The second-order valence-corrected chi connectivity index (χ2v) is 10.8. The Hall–Kier alpha value is -5.53. The van der Waals surface area contributed by atoms with Crippen LogP contribution in [0.5, 0.6) is 5.75 Å². The fraction of sp³-hybridized carbons (Fsp3) is 0.242. The standard InChI is InChI=1S/C33H33N9O4/c1-3-33(43)39-25-16-26(29(44-2)17-28(25)40-10-13-45-14-11-40)38-30-18-32(36-21-35-30)42-27(8-12-46-42)23-6-4-5-22(15-23)24-19-34-31-7-9-37-41(31)20-24/h3-7,9,15-21,27H,1,8,10-14H2,2H3,(H,39,43)(H,35,36,38). The van der Waals surface area contributed by atoms with Gasteiger partial charge in [-0.2, -0.15) is 5.10 Å². The monoisotopic (exact) mass is 619 g/mol. The minimum Gasteiger partial charge on any atom is -0.494 e. The van der Waals surface area contributed by atoms with E-state index in [1.54, 1.807) is 17.8 Å². The number of nitrogens with one attached hydrogen (secondary N) is 2. The first-order chi connectivity index (χ1) is 22.6. The Morgan fingerprint density at radius 1 is 1.04 bits per heavy atom. The second-order valence-electron chi connectivity index (χ2n) is 10.8. The molecule has 0 aliphatic carbocycles. The van der Waals surface area contributed by atoms with E-state index in [-0.39, 0.29) is 11.9 Å². The molecule has 46 heavy (non-hydrogen) atoms. The first-order valence-electron chi connectivity index (χ1n) is 15.0. The average Bonchev–Trinajstić information content (AvgIpc) is 3.79. The summed E-state index contributed by atoms with van der Waals surface area (Å²) in [4.78, 5) is 34.1. The summed E-state index contributed by atoms with van der Waals surface area (Å²) in [5.41, 5.74) is 5.96. The van der Waals surface area contributed by atoms with Gasteiger partial charge in [0.1, 0.15) is 17.9 Å². The highest BCUT2D eigenvalue weighted by Crippen LogP contribution is 2.40. The van der Waals surface area contributed by atoms with E-state index in [9.17, 15) is 4.79 Å². The third-order valence-electron chi connectivity index (χ3n) is 8.01. The Kier molecular flexibility index (Phi) is 8.14. The first-order valence-corrected chi connectivity index (χ1v) is 15.0. The van der Waals surface area contributed by atoms with Gasteiger partial charge < -0.3 is 25.0 Å². The van der Waals surface area contributed by atoms with Gasteiger partial charge in [0.15, 0.2) is 11.5 Å². The van der Waals surface area contributed by atoms with E-state index in [2.05, 4.69) is 60.4 Å². The summed E-state index contributed by atoms with van der Waals surface area (Å²) in [5.74, 6) is 1.42. The van der Waals surface area contributed by atoms with Crippen molar-refractivity contribution in [3.05, 3.63) is 91.7 Å². The van der Waals surface area contributed by atoms with Crippen LogP contribution in [0.4, 0.5) is 28.7 Å². The molecule has 7 rings (SSSR count). The van der Waals surface area contributed by atoms with Crippen molar-refractivity contribution < 1.29 is 19.1 Å². The zero-order valence-corrected chi connectivity index (χ0v) is 25.3. The van der Waals surface area contributed by atoms with Crippen LogP contribution in [0.2, 0.25) is 0 Å². The number of morpholine rings is 1. The molecule has 1 atom stereocenters. The number of hydrogen-bond acceptors (Lipinski definition) is 11. The molecule has 1 unspecified atom stereocenters. The number of amides is 1. The molecule has 3 aromatic heterocycles. The Balaban J connectivity index is 1.16. The van der Waals surface area contributed by atoms with Crippen molar-refractivity contribution in [1.29, 1.82) is 0 Å².